The minimum absolute atomic E-state index is 0. The number of nitrogens with two attached hydrogens (primary N) is 1. The number of aromatic amines is 1. The van der Waals surface area contributed by atoms with Crippen LogP contribution in [0.2, 0.25) is 0 Å². The van der Waals surface area contributed by atoms with Gasteiger partial charge in [-0.25, -0.2) is 5.01 Å². The van der Waals surface area contributed by atoms with Gasteiger partial charge in [-0.15, -0.1) is 6.92 Å². The minimum Gasteiger partial charge on any atom is -0.495 e. The van der Waals surface area contributed by atoms with Crippen LogP contribution in [0, 0.1) is 19.6 Å². The Morgan fingerprint density at radius 2 is 1.92 bits per heavy atom. The molecule has 0 amide bonds. The molecule has 3 aromatic rings. The summed E-state index contributed by atoms with van der Waals surface area (Å²) < 4.78 is 0. The molecule has 0 spiro atoms. The third-order valence-corrected chi connectivity index (χ3v) is 11.7. The number of ketones is 1. The van der Waals surface area contributed by atoms with Crippen LogP contribution in [0.3, 0.4) is 0 Å². The molecule has 2 aromatic carbocycles. The van der Waals surface area contributed by atoms with Gasteiger partial charge in [0.1, 0.15) is 0 Å². The van der Waals surface area contributed by atoms with Gasteiger partial charge in [-0.05, 0) is 74.4 Å². The first kappa shape index (κ1) is 39.8. The second kappa shape index (κ2) is 15.9. The number of nitrogens with zero attached hydrogens (tertiary/aromatic N) is 4. The molecule has 273 valence electrons. The van der Waals surface area contributed by atoms with Gasteiger partial charge in [-0.3, -0.25) is 10.9 Å². The van der Waals surface area contributed by atoms with Crippen molar-refractivity contribution in [1.82, 2.24) is 19.9 Å². The number of aromatic nitrogens is 1. The summed E-state index contributed by atoms with van der Waals surface area (Å²) in [5, 5.41) is 5.54. The summed E-state index contributed by atoms with van der Waals surface area (Å²) >= 11 is 0. The molecule has 2 atom stereocenters. The number of benzene rings is 2. The van der Waals surface area contributed by atoms with Gasteiger partial charge >= 0.3 is 0 Å². The molecule has 1 aliphatic carbocycles. The summed E-state index contributed by atoms with van der Waals surface area (Å²) in [6, 6.07) is 11.9. The Hall–Kier alpha value is -3.39. The number of fused-ring (bicyclic) bond motifs is 4. The van der Waals surface area contributed by atoms with Crippen molar-refractivity contribution in [3.63, 3.8) is 0 Å². The second-order valence-corrected chi connectivity index (χ2v) is 15.2. The van der Waals surface area contributed by atoms with Gasteiger partial charge in [0.05, 0.1) is 5.56 Å². The number of H-pyrrole nitrogens is 1. The molecule has 2 unspecified atom stereocenters. The summed E-state index contributed by atoms with van der Waals surface area (Å²) in [4.78, 5) is 22.3. The van der Waals surface area contributed by atoms with E-state index >= 15 is 0 Å². The molecule has 7 nitrogen and oxygen atoms in total. The van der Waals surface area contributed by atoms with E-state index in [-0.39, 0.29) is 43.9 Å². The largest absolute Gasteiger partial charge is 0.495 e. The molecule has 3 aliphatic heterocycles. The summed E-state index contributed by atoms with van der Waals surface area (Å²) in [6.45, 7) is 33.5. The summed E-state index contributed by atoms with van der Waals surface area (Å²) in [7, 11) is 0. The number of hydrogen-bond donors (Lipinski definition) is 2. The molecule has 52 heavy (non-hydrogen) atoms. The van der Waals surface area contributed by atoms with Crippen molar-refractivity contribution in [3.8, 4) is 0 Å². The van der Waals surface area contributed by atoms with E-state index in [1.807, 2.05) is 19.9 Å². The van der Waals surface area contributed by atoms with Crippen LogP contribution in [0.4, 0.5) is 5.69 Å². The average Bonchev–Trinajstić information content (AvgIpc) is 3.80. The van der Waals surface area contributed by atoms with Gasteiger partial charge in [0.25, 0.3) is 0 Å². The van der Waals surface area contributed by atoms with E-state index in [1.165, 1.54) is 28.9 Å². The fraction of sp³-hybridized carbons (Fsp3) is 0.432. The predicted octanol–water partition coefficient (Wildman–Crippen LogP) is 8.12. The number of rotatable bonds is 8. The maximum absolute atomic E-state index is 13.9. The van der Waals surface area contributed by atoms with Crippen molar-refractivity contribution in [2.24, 2.45) is 5.73 Å². The van der Waals surface area contributed by atoms with Crippen LogP contribution in [0.5, 0.6) is 0 Å². The Morgan fingerprint density at radius 3 is 2.50 bits per heavy atom. The normalized spacial score (nSPS) is 21.3. The van der Waals surface area contributed by atoms with Gasteiger partial charge in [0.15, 0.2) is 5.78 Å². The minimum atomic E-state index is -0.283. The number of hydrazine groups is 1. The number of allylic oxidation sites excluding steroid dienone is 4. The zero-order valence-electron chi connectivity index (χ0n) is 32.4. The van der Waals surface area contributed by atoms with Crippen LogP contribution >= 0.6 is 0 Å². The van der Waals surface area contributed by atoms with Gasteiger partial charge in [-0.1, -0.05) is 58.7 Å². The van der Waals surface area contributed by atoms with Crippen LogP contribution in [0.25, 0.3) is 10.9 Å². The molecule has 1 aromatic heterocycles. The Labute approximate surface area is 337 Å². The Balaban J connectivity index is 0.000000248. The molecule has 4 aliphatic rings. The Bertz CT molecular complexity index is 1950. The fourth-order valence-corrected chi connectivity index (χ4v) is 8.57. The Kier molecular flexibility index (Phi) is 12.2. The van der Waals surface area contributed by atoms with Crippen molar-refractivity contribution < 1.29 is 37.5 Å². The molecule has 4 heterocycles. The number of likely N-dealkylation sites (tertiary alicyclic amines) is 1. The second-order valence-electron chi connectivity index (χ2n) is 15.2. The smallest absolute Gasteiger partial charge is 0.195 e. The molecule has 1 radical (unpaired) electrons. The van der Waals surface area contributed by atoms with Gasteiger partial charge in [0, 0.05) is 116 Å². The maximum atomic E-state index is 13.9. The number of carbonyl (C=O) groups is 1. The SMILES string of the molecule is C=C(N)/C(=C/C)C(=[C-]C)CN1C(=C)CCC1C.[CH-]=CN1CCN1C1CCN(c2cc3c(cc2CC)C(=O)c2c([nH]c4cc(C)ccc24)C3(C)C)C1.[Y]. The van der Waals surface area contributed by atoms with Gasteiger partial charge < -0.3 is 32.1 Å². The van der Waals surface area contributed by atoms with Gasteiger partial charge in [0.2, 0.25) is 0 Å². The zero-order valence-corrected chi connectivity index (χ0v) is 35.2. The molecule has 8 heteroatoms. The van der Waals surface area contributed by atoms with Crippen LogP contribution in [-0.2, 0) is 44.5 Å². The monoisotopic (exact) mass is 773 g/mol. The first-order valence-corrected chi connectivity index (χ1v) is 18.6. The van der Waals surface area contributed by atoms with Crippen molar-refractivity contribution in [2.45, 2.75) is 91.6 Å². The van der Waals surface area contributed by atoms with Crippen molar-refractivity contribution in [1.29, 1.82) is 0 Å². The number of aryl methyl sites for hydroxylation is 2. The van der Waals surface area contributed by atoms with Crippen molar-refractivity contribution in [3.05, 3.63) is 124 Å². The third kappa shape index (κ3) is 7.13. The van der Waals surface area contributed by atoms with E-state index in [4.69, 9.17) is 12.3 Å². The molecule has 3 fully saturated rings. The standard InChI is InChI=1S/C29H33N4O.C15H23N2.Y/c1-6-19-15-22-23(16-25(19)31-11-10-20(17-31)33-13-12-32(33)7-2)29(4,5)28-26(27(22)34)21-9-8-18(3)14-24(21)30-28;1-6-14(15(7-2)13(5)16)10-17-11(3)8-9-12(17)4;/h2,7-9,14-16,20,30H,6,10-13,17H2,1,3-5H3;7,12H,3,5,8-10,16H2,1-2,4H3;/q2*-1;/b;15-7-;. The van der Waals surface area contributed by atoms with Crippen LogP contribution in [-0.4, -0.2) is 70.5 Å². The van der Waals surface area contributed by atoms with E-state index in [0.29, 0.717) is 17.8 Å². The Morgan fingerprint density at radius 1 is 1.17 bits per heavy atom. The number of hydrogen-bond acceptors (Lipinski definition) is 6. The quantitative estimate of drug-likeness (QED) is 0.178. The summed E-state index contributed by atoms with van der Waals surface area (Å²) in [5.74, 6) is 0.148. The zero-order chi connectivity index (χ0) is 36.8. The predicted molar refractivity (Wildman–Crippen MR) is 211 cm³/mol. The van der Waals surface area contributed by atoms with Crippen LogP contribution < -0.4 is 10.6 Å². The summed E-state index contributed by atoms with van der Waals surface area (Å²) in [6.07, 6.45) is 11.2. The number of nitrogens with one attached hydrogen (secondary N) is 1. The molecule has 7 rings (SSSR count). The first-order valence-electron chi connectivity index (χ1n) is 18.6. The maximum Gasteiger partial charge on any atom is 0.195 e. The van der Waals surface area contributed by atoms with E-state index in [2.05, 4.69) is 109 Å². The van der Waals surface area contributed by atoms with Crippen LogP contribution in [0.1, 0.15) is 99.1 Å². The van der Waals surface area contributed by atoms with E-state index in [1.54, 1.807) is 6.20 Å². The number of anilines is 1. The first-order chi connectivity index (χ1) is 24.3. The molecular formula is C44H56N6OY-2. The van der Waals surface area contributed by atoms with Crippen molar-refractivity contribution >= 4 is 22.4 Å². The third-order valence-electron chi connectivity index (χ3n) is 11.7. The summed E-state index contributed by atoms with van der Waals surface area (Å²) in [5.41, 5.74) is 18.1. The van der Waals surface area contributed by atoms with E-state index in [0.717, 1.165) is 96.4 Å². The molecule has 3 saturated heterocycles. The van der Waals surface area contributed by atoms with Crippen molar-refractivity contribution in [2.75, 3.05) is 37.6 Å². The van der Waals surface area contributed by atoms with E-state index < -0.39 is 0 Å². The van der Waals surface area contributed by atoms with Gasteiger partial charge in [-0.2, -0.15) is 23.4 Å². The number of carbonyl (C=O) groups excluding carboxylic acids is 1. The average molecular weight is 774 g/mol. The van der Waals surface area contributed by atoms with E-state index in [9.17, 15) is 4.79 Å². The van der Waals surface area contributed by atoms with Crippen LogP contribution in [0.15, 0.2) is 78.3 Å². The molecule has 0 saturated carbocycles. The molecule has 3 N–H and O–H groups in total. The fourth-order valence-electron chi connectivity index (χ4n) is 8.57. The molecule has 0 bridgehead atoms. The molecular weight excluding hydrogens is 717 g/mol. The topological polar surface area (TPSA) is 71.8 Å².